The highest BCUT2D eigenvalue weighted by Crippen LogP contribution is 2.26. The summed E-state index contributed by atoms with van der Waals surface area (Å²) in [4.78, 5) is 4.50. The summed E-state index contributed by atoms with van der Waals surface area (Å²) >= 11 is 1.47. The summed E-state index contributed by atoms with van der Waals surface area (Å²) in [5.74, 6) is 3.13. The number of aryl methyl sites for hydroxylation is 2. The zero-order valence-electron chi connectivity index (χ0n) is 16.9. The van der Waals surface area contributed by atoms with Crippen molar-refractivity contribution < 1.29 is 4.52 Å². The van der Waals surface area contributed by atoms with E-state index in [2.05, 4.69) is 44.0 Å². The molecule has 0 aliphatic rings. The van der Waals surface area contributed by atoms with Crippen molar-refractivity contribution in [2.45, 2.75) is 31.3 Å². The Bertz CT molecular complexity index is 1540. The standard InChI is InChI=1S/C21H18N8OS/c1-3-27-15-6-4-5-7-16(15)28-19-23-24-21(29(19)25-20(27)28)31-12-17-22-18(26-30-17)14-10-8-13(2)9-11-14/h4-11H,3,12H2,1-2H3. The molecule has 0 spiro atoms. The van der Waals surface area contributed by atoms with Gasteiger partial charge in [0, 0.05) is 12.1 Å². The highest BCUT2D eigenvalue weighted by atomic mass is 32.2. The molecule has 0 atom stereocenters. The average molecular weight is 430 g/mol. The second-order valence-corrected chi connectivity index (χ2v) is 8.17. The lowest BCUT2D eigenvalue weighted by molar-refractivity contribution is 0.391. The van der Waals surface area contributed by atoms with Gasteiger partial charge in [-0.2, -0.15) is 9.50 Å². The molecule has 0 bridgehead atoms. The van der Waals surface area contributed by atoms with Crippen LogP contribution in [0.25, 0.3) is 34.0 Å². The van der Waals surface area contributed by atoms with Gasteiger partial charge in [-0.05, 0) is 26.0 Å². The monoisotopic (exact) mass is 430 g/mol. The van der Waals surface area contributed by atoms with Crippen molar-refractivity contribution in [2.75, 3.05) is 0 Å². The zero-order chi connectivity index (χ0) is 20.9. The van der Waals surface area contributed by atoms with Gasteiger partial charge in [-0.25, -0.2) is 4.40 Å². The molecule has 6 rings (SSSR count). The summed E-state index contributed by atoms with van der Waals surface area (Å²) < 4.78 is 11.4. The van der Waals surface area contributed by atoms with Gasteiger partial charge in [-0.15, -0.1) is 15.3 Å². The third-order valence-electron chi connectivity index (χ3n) is 5.26. The number of rotatable bonds is 5. The Morgan fingerprint density at radius 1 is 0.968 bits per heavy atom. The normalized spacial score (nSPS) is 11.9. The van der Waals surface area contributed by atoms with E-state index in [0.29, 0.717) is 28.4 Å². The van der Waals surface area contributed by atoms with Crippen LogP contribution in [-0.2, 0) is 12.3 Å². The van der Waals surface area contributed by atoms with Gasteiger partial charge in [0.25, 0.3) is 5.78 Å². The number of hydrogen-bond acceptors (Lipinski definition) is 7. The van der Waals surface area contributed by atoms with Crippen LogP contribution in [0, 0.1) is 6.92 Å². The van der Waals surface area contributed by atoms with Crippen molar-refractivity contribution in [3.63, 3.8) is 0 Å². The SMILES string of the molecule is CCn1c2ccccc2n2c1nn1c(SCc3nc(-c4ccc(C)cc4)no3)nnc12. The molecule has 31 heavy (non-hydrogen) atoms. The highest BCUT2D eigenvalue weighted by Gasteiger charge is 2.20. The van der Waals surface area contributed by atoms with Crippen LogP contribution < -0.4 is 0 Å². The van der Waals surface area contributed by atoms with Gasteiger partial charge in [0.2, 0.25) is 22.6 Å². The molecule has 154 valence electrons. The average Bonchev–Trinajstić information content (AvgIpc) is 3.54. The lowest BCUT2D eigenvalue weighted by Crippen LogP contribution is -1.96. The Morgan fingerprint density at radius 3 is 2.58 bits per heavy atom. The van der Waals surface area contributed by atoms with Crippen LogP contribution in [0.1, 0.15) is 18.4 Å². The minimum absolute atomic E-state index is 0.482. The van der Waals surface area contributed by atoms with Gasteiger partial charge in [0.15, 0.2) is 0 Å². The van der Waals surface area contributed by atoms with Crippen LogP contribution in [0.15, 0.2) is 58.2 Å². The van der Waals surface area contributed by atoms with Crippen LogP contribution in [0.4, 0.5) is 0 Å². The van der Waals surface area contributed by atoms with E-state index in [-0.39, 0.29) is 0 Å². The van der Waals surface area contributed by atoms with E-state index in [4.69, 9.17) is 9.62 Å². The summed E-state index contributed by atoms with van der Waals surface area (Å²) in [5.41, 5.74) is 4.31. The van der Waals surface area contributed by atoms with Crippen LogP contribution in [0.2, 0.25) is 0 Å². The number of benzene rings is 2. The van der Waals surface area contributed by atoms with Crippen molar-refractivity contribution in [1.82, 2.24) is 38.9 Å². The van der Waals surface area contributed by atoms with Crippen LogP contribution in [-0.4, -0.2) is 38.9 Å². The van der Waals surface area contributed by atoms with E-state index in [1.165, 1.54) is 17.3 Å². The lowest BCUT2D eigenvalue weighted by Gasteiger charge is -1.98. The molecule has 2 aromatic carbocycles. The highest BCUT2D eigenvalue weighted by molar-refractivity contribution is 7.98. The minimum Gasteiger partial charge on any atom is -0.338 e. The molecule has 10 heteroatoms. The summed E-state index contributed by atoms with van der Waals surface area (Å²) in [7, 11) is 0. The Kier molecular flexibility index (Phi) is 4.06. The predicted molar refractivity (Wildman–Crippen MR) is 117 cm³/mol. The first kappa shape index (κ1) is 18.1. The second kappa shape index (κ2) is 6.95. The predicted octanol–water partition coefficient (Wildman–Crippen LogP) is 4.00. The van der Waals surface area contributed by atoms with Crippen LogP contribution in [0.5, 0.6) is 0 Å². The van der Waals surface area contributed by atoms with Crippen molar-refractivity contribution in [3.8, 4) is 11.4 Å². The van der Waals surface area contributed by atoms with Gasteiger partial charge in [-0.3, -0.25) is 0 Å². The minimum atomic E-state index is 0.482. The first-order valence-electron chi connectivity index (χ1n) is 9.96. The van der Waals surface area contributed by atoms with Crippen molar-refractivity contribution in [2.24, 2.45) is 0 Å². The molecule has 6 aromatic rings. The molecule has 0 saturated heterocycles. The van der Waals surface area contributed by atoms with Crippen LogP contribution >= 0.6 is 11.8 Å². The number of hydrogen-bond donors (Lipinski definition) is 0. The Balaban J connectivity index is 1.32. The fourth-order valence-electron chi connectivity index (χ4n) is 3.75. The number of para-hydroxylation sites is 2. The van der Waals surface area contributed by atoms with E-state index in [9.17, 15) is 0 Å². The van der Waals surface area contributed by atoms with Crippen molar-refractivity contribution in [3.05, 3.63) is 60.0 Å². The third kappa shape index (κ3) is 2.82. The summed E-state index contributed by atoms with van der Waals surface area (Å²) in [6.07, 6.45) is 0. The zero-order valence-corrected chi connectivity index (χ0v) is 17.7. The summed E-state index contributed by atoms with van der Waals surface area (Å²) in [6.45, 7) is 4.97. The molecule has 0 radical (unpaired) electrons. The maximum atomic E-state index is 5.43. The molecular weight excluding hydrogens is 412 g/mol. The van der Waals surface area contributed by atoms with Gasteiger partial charge >= 0.3 is 0 Å². The van der Waals surface area contributed by atoms with Gasteiger partial charge in [0.05, 0.1) is 16.8 Å². The van der Waals surface area contributed by atoms with Gasteiger partial charge in [-0.1, -0.05) is 58.9 Å². The number of fused-ring (bicyclic) bond motifs is 5. The molecule has 0 aliphatic carbocycles. The molecule has 9 nitrogen and oxygen atoms in total. The maximum absolute atomic E-state index is 5.43. The molecule has 0 aliphatic heterocycles. The molecule has 4 aromatic heterocycles. The molecule has 0 N–H and O–H groups in total. The van der Waals surface area contributed by atoms with E-state index < -0.39 is 0 Å². The summed E-state index contributed by atoms with van der Waals surface area (Å²) in [6, 6.07) is 16.3. The Labute approximate surface area is 180 Å². The number of nitrogens with zero attached hydrogens (tertiary/aromatic N) is 8. The molecule has 0 saturated carbocycles. The molecule has 0 amide bonds. The van der Waals surface area contributed by atoms with Crippen LogP contribution in [0.3, 0.4) is 0 Å². The second-order valence-electron chi connectivity index (χ2n) is 7.23. The maximum Gasteiger partial charge on any atom is 0.260 e. The quantitative estimate of drug-likeness (QED) is 0.382. The smallest absolute Gasteiger partial charge is 0.260 e. The summed E-state index contributed by atoms with van der Waals surface area (Å²) in [5, 5.41) is 18.3. The molecule has 0 fully saturated rings. The van der Waals surface area contributed by atoms with Crippen molar-refractivity contribution in [1.29, 1.82) is 0 Å². The molecule has 0 unspecified atom stereocenters. The third-order valence-corrected chi connectivity index (χ3v) is 6.16. The largest absolute Gasteiger partial charge is 0.338 e. The van der Waals surface area contributed by atoms with E-state index in [0.717, 1.165) is 28.9 Å². The number of aromatic nitrogens is 8. The Morgan fingerprint density at radius 2 is 1.77 bits per heavy atom. The van der Waals surface area contributed by atoms with Gasteiger partial charge < -0.3 is 9.09 Å². The fourth-order valence-corrected chi connectivity index (χ4v) is 4.46. The van der Waals surface area contributed by atoms with Gasteiger partial charge in [0.1, 0.15) is 0 Å². The fraction of sp³-hybridized carbons (Fsp3) is 0.190. The Hall–Kier alpha value is -3.66. The molecular formula is C21H18N8OS. The van der Waals surface area contributed by atoms with E-state index >= 15 is 0 Å². The lowest BCUT2D eigenvalue weighted by atomic mass is 10.1. The van der Waals surface area contributed by atoms with E-state index in [1.54, 1.807) is 4.52 Å². The topological polar surface area (TPSA) is 91.3 Å². The number of thioether (sulfide) groups is 1. The first-order chi connectivity index (χ1) is 15.2. The molecule has 4 heterocycles. The van der Waals surface area contributed by atoms with E-state index in [1.807, 2.05) is 47.7 Å². The van der Waals surface area contributed by atoms with Crippen molar-refractivity contribution >= 4 is 34.4 Å². The number of imidazole rings is 1. The first-order valence-corrected chi connectivity index (χ1v) is 10.9.